The van der Waals surface area contributed by atoms with Crippen molar-refractivity contribution in [3.63, 3.8) is 0 Å². The zero-order chi connectivity index (χ0) is 10.4. The molecular weight excluding hydrogens is 170 g/mol. The van der Waals surface area contributed by atoms with E-state index in [1.807, 2.05) is 7.05 Å². The molecule has 0 heterocycles. The van der Waals surface area contributed by atoms with E-state index >= 15 is 0 Å². The molecule has 0 bridgehead atoms. The highest BCUT2D eigenvalue weighted by Gasteiger charge is 2.14. The van der Waals surface area contributed by atoms with Gasteiger partial charge in [-0.2, -0.15) is 0 Å². The predicted molar refractivity (Wildman–Crippen MR) is 62.6 cm³/mol. The van der Waals surface area contributed by atoms with Crippen molar-refractivity contribution < 1.29 is 0 Å². The van der Waals surface area contributed by atoms with Crippen LogP contribution in [0.4, 0.5) is 0 Å². The molecule has 0 aliphatic heterocycles. The predicted octanol–water partition coefficient (Wildman–Crippen LogP) is 3.04. The maximum Gasteiger partial charge on any atom is -0.00460 e. The van der Waals surface area contributed by atoms with Gasteiger partial charge in [-0.15, -0.1) is 0 Å². The van der Waals surface area contributed by atoms with Gasteiger partial charge < -0.3 is 5.32 Å². The Bertz CT molecular complexity index is 241. The van der Waals surface area contributed by atoms with E-state index in [1.54, 1.807) is 0 Å². The average molecular weight is 191 g/mol. The van der Waals surface area contributed by atoms with Gasteiger partial charge in [0.1, 0.15) is 0 Å². The molecule has 0 aromatic heterocycles. The van der Waals surface area contributed by atoms with Gasteiger partial charge in [0.15, 0.2) is 0 Å². The summed E-state index contributed by atoms with van der Waals surface area (Å²) < 4.78 is 0. The molecule has 0 saturated heterocycles. The molecule has 1 unspecified atom stereocenters. The highest BCUT2D eigenvalue weighted by Crippen LogP contribution is 2.26. The lowest BCUT2D eigenvalue weighted by Gasteiger charge is -2.21. The lowest BCUT2D eigenvalue weighted by Crippen LogP contribution is -2.15. The van der Waals surface area contributed by atoms with Gasteiger partial charge in [0.25, 0.3) is 0 Å². The Balaban J connectivity index is 2.68. The van der Waals surface area contributed by atoms with E-state index in [-0.39, 0.29) is 0 Å². The van der Waals surface area contributed by atoms with Gasteiger partial charge in [-0.05, 0) is 37.4 Å². The standard InChI is InChI=1S/C13H21N/c1-11(2)13(9-10-14-3)12-7-5-4-6-8-12/h4-8,11,13-14H,9-10H2,1-3H3. The van der Waals surface area contributed by atoms with Crippen molar-refractivity contribution in [3.8, 4) is 0 Å². The molecule has 14 heavy (non-hydrogen) atoms. The lowest BCUT2D eigenvalue weighted by molar-refractivity contribution is 0.461. The van der Waals surface area contributed by atoms with Crippen LogP contribution in [0.5, 0.6) is 0 Å². The van der Waals surface area contributed by atoms with Crippen molar-refractivity contribution in [2.24, 2.45) is 5.92 Å². The van der Waals surface area contributed by atoms with Crippen molar-refractivity contribution in [1.29, 1.82) is 0 Å². The largest absolute Gasteiger partial charge is 0.320 e. The number of benzene rings is 1. The summed E-state index contributed by atoms with van der Waals surface area (Å²) in [4.78, 5) is 0. The van der Waals surface area contributed by atoms with E-state index in [0.29, 0.717) is 11.8 Å². The average Bonchev–Trinajstić information content (AvgIpc) is 2.19. The van der Waals surface area contributed by atoms with Gasteiger partial charge in [0, 0.05) is 0 Å². The molecule has 1 nitrogen and oxygen atoms in total. The zero-order valence-electron chi connectivity index (χ0n) is 9.46. The summed E-state index contributed by atoms with van der Waals surface area (Å²) in [6, 6.07) is 10.8. The Morgan fingerprint density at radius 1 is 1.14 bits per heavy atom. The smallest absolute Gasteiger partial charge is 0.00460 e. The maximum atomic E-state index is 3.22. The number of rotatable bonds is 5. The third-order valence-electron chi connectivity index (χ3n) is 2.74. The Hall–Kier alpha value is -0.820. The molecule has 0 amide bonds. The first-order valence-corrected chi connectivity index (χ1v) is 5.45. The van der Waals surface area contributed by atoms with E-state index < -0.39 is 0 Å². The Labute approximate surface area is 87.5 Å². The minimum atomic E-state index is 0.684. The second kappa shape index (κ2) is 5.82. The maximum absolute atomic E-state index is 3.22. The van der Waals surface area contributed by atoms with E-state index in [1.165, 1.54) is 12.0 Å². The van der Waals surface area contributed by atoms with Crippen molar-refractivity contribution in [2.45, 2.75) is 26.2 Å². The van der Waals surface area contributed by atoms with Crippen LogP contribution in [0.15, 0.2) is 30.3 Å². The first kappa shape index (κ1) is 11.3. The molecule has 0 radical (unpaired) electrons. The molecule has 0 fully saturated rings. The van der Waals surface area contributed by atoms with Crippen LogP contribution in [-0.2, 0) is 0 Å². The van der Waals surface area contributed by atoms with Crippen LogP contribution in [0, 0.1) is 5.92 Å². The van der Waals surface area contributed by atoms with Crippen LogP contribution in [0.1, 0.15) is 31.7 Å². The lowest BCUT2D eigenvalue weighted by atomic mass is 9.86. The summed E-state index contributed by atoms with van der Waals surface area (Å²) in [6.45, 7) is 5.69. The van der Waals surface area contributed by atoms with Crippen molar-refractivity contribution >= 4 is 0 Å². The minimum Gasteiger partial charge on any atom is -0.320 e. The van der Waals surface area contributed by atoms with Crippen LogP contribution >= 0.6 is 0 Å². The number of hydrogen-bond donors (Lipinski definition) is 1. The summed E-state index contributed by atoms with van der Waals surface area (Å²) in [5, 5.41) is 3.22. The third kappa shape index (κ3) is 3.15. The normalized spacial score (nSPS) is 13.1. The van der Waals surface area contributed by atoms with E-state index in [4.69, 9.17) is 0 Å². The highest BCUT2D eigenvalue weighted by atomic mass is 14.8. The minimum absolute atomic E-state index is 0.684. The van der Waals surface area contributed by atoms with Gasteiger partial charge in [-0.25, -0.2) is 0 Å². The van der Waals surface area contributed by atoms with Gasteiger partial charge in [-0.1, -0.05) is 44.2 Å². The van der Waals surface area contributed by atoms with Gasteiger partial charge in [0.2, 0.25) is 0 Å². The Morgan fingerprint density at radius 3 is 2.29 bits per heavy atom. The topological polar surface area (TPSA) is 12.0 Å². The van der Waals surface area contributed by atoms with Crippen LogP contribution in [0.2, 0.25) is 0 Å². The first-order valence-electron chi connectivity index (χ1n) is 5.45. The van der Waals surface area contributed by atoms with E-state index in [9.17, 15) is 0 Å². The zero-order valence-corrected chi connectivity index (χ0v) is 9.46. The molecular formula is C13H21N. The summed E-state index contributed by atoms with van der Waals surface area (Å²) in [6.07, 6.45) is 1.22. The van der Waals surface area contributed by atoms with Crippen LogP contribution < -0.4 is 5.32 Å². The summed E-state index contributed by atoms with van der Waals surface area (Å²) in [7, 11) is 2.02. The molecule has 1 rings (SSSR count). The molecule has 1 aromatic rings. The second-order valence-corrected chi connectivity index (χ2v) is 4.15. The fourth-order valence-corrected chi connectivity index (χ4v) is 1.88. The van der Waals surface area contributed by atoms with Crippen LogP contribution in [0.25, 0.3) is 0 Å². The highest BCUT2D eigenvalue weighted by molar-refractivity contribution is 5.19. The summed E-state index contributed by atoms with van der Waals surface area (Å²) in [5.74, 6) is 1.40. The van der Waals surface area contributed by atoms with Crippen molar-refractivity contribution in [3.05, 3.63) is 35.9 Å². The van der Waals surface area contributed by atoms with Crippen LogP contribution in [0.3, 0.4) is 0 Å². The fraction of sp³-hybridized carbons (Fsp3) is 0.538. The summed E-state index contributed by atoms with van der Waals surface area (Å²) in [5.41, 5.74) is 1.47. The quantitative estimate of drug-likeness (QED) is 0.754. The second-order valence-electron chi connectivity index (χ2n) is 4.15. The van der Waals surface area contributed by atoms with Gasteiger partial charge >= 0.3 is 0 Å². The van der Waals surface area contributed by atoms with Crippen molar-refractivity contribution in [2.75, 3.05) is 13.6 Å². The molecule has 0 spiro atoms. The fourth-order valence-electron chi connectivity index (χ4n) is 1.88. The molecule has 1 aromatic carbocycles. The molecule has 1 atom stereocenters. The molecule has 78 valence electrons. The SMILES string of the molecule is CNCCC(c1ccccc1)C(C)C. The first-order chi connectivity index (χ1) is 6.75. The third-order valence-corrected chi connectivity index (χ3v) is 2.74. The van der Waals surface area contributed by atoms with Gasteiger partial charge in [-0.3, -0.25) is 0 Å². The summed E-state index contributed by atoms with van der Waals surface area (Å²) >= 11 is 0. The molecule has 1 heteroatoms. The van der Waals surface area contributed by atoms with E-state index in [2.05, 4.69) is 49.5 Å². The molecule has 1 N–H and O–H groups in total. The van der Waals surface area contributed by atoms with Crippen molar-refractivity contribution in [1.82, 2.24) is 5.32 Å². The number of hydrogen-bond acceptors (Lipinski definition) is 1. The van der Waals surface area contributed by atoms with E-state index in [0.717, 1.165) is 6.54 Å². The Morgan fingerprint density at radius 2 is 1.79 bits per heavy atom. The molecule has 0 saturated carbocycles. The van der Waals surface area contributed by atoms with Gasteiger partial charge in [0.05, 0.1) is 0 Å². The molecule has 0 aliphatic rings. The monoisotopic (exact) mass is 191 g/mol. The number of nitrogens with one attached hydrogen (secondary N) is 1. The molecule has 0 aliphatic carbocycles. The Kier molecular flexibility index (Phi) is 4.68. The van der Waals surface area contributed by atoms with Crippen LogP contribution in [-0.4, -0.2) is 13.6 Å².